The van der Waals surface area contributed by atoms with Crippen molar-refractivity contribution in [2.75, 3.05) is 38.1 Å². The zero-order valence-corrected chi connectivity index (χ0v) is 22.6. The fourth-order valence-corrected chi connectivity index (χ4v) is 5.64. The molecule has 42 heavy (non-hydrogen) atoms. The molecule has 3 aliphatic rings. The van der Waals surface area contributed by atoms with E-state index in [9.17, 15) is 37.3 Å². The molecule has 2 aromatic rings. The lowest BCUT2D eigenvalue weighted by molar-refractivity contribution is -0.388. The predicted octanol–water partition coefficient (Wildman–Crippen LogP) is 4.17. The Morgan fingerprint density at radius 3 is 2.38 bits per heavy atom. The first-order valence-corrected chi connectivity index (χ1v) is 13.7. The van der Waals surface area contributed by atoms with Crippen molar-refractivity contribution in [2.24, 2.45) is 0 Å². The third kappa shape index (κ3) is 6.75. The van der Waals surface area contributed by atoms with Gasteiger partial charge in [0.1, 0.15) is 23.7 Å². The lowest BCUT2D eigenvalue weighted by Gasteiger charge is -2.36. The number of anilines is 1. The summed E-state index contributed by atoms with van der Waals surface area (Å²) in [5, 5.41) is 14.0. The summed E-state index contributed by atoms with van der Waals surface area (Å²) in [6, 6.07) is 6.92. The monoisotopic (exact) mass is 594 g/mol. The number of nitro groups is 1. The highest BCUT2D eigenvalue weighted by molar-refractivity contribution is 5.83. The number of nitrogens with zero attached hydrogens (tertiary/aromatic N) is 3. The number of carbonyl (C=O) groups excluding carboxylic acids is 2. The Kier molecular flexibility index (Phi) is 8.53. The van der Waals surface area contributed by atoms with Gasteiger partial charge in [-0.15, -0.1) is 0 Å². The average molecular weight is 595 g/mol. The molecule has 226 valence electrons. The van der Waals surface area contributed by atoms with E-state index in [2.05, 4.69) is 5.32 Å². The zero-order valence-electron chi connectivity index (χ0n) is 22.6. The summed E-state index contributed by atoms with van der Waals surface area (Å²) in [6.07, 6.45) is -3.04. The van der Waals surface area contributed by atoms with Crippen LogP contribution in [0.3, 0.4) is 0 Å². The lowest BCUT2D eigenvalue weighted by Crippen LogP contribution is -2.54. The third-order valence-corrected chi connectivity index (χ3v) is 7.90. The van der Waals surface area contributed by atoms with Crippen LogP contribution >= 0.6 is 0 Å². The first-order valence-electron chi connectivity index (χ1n) is 13.7. The van der Waals surface area contributed by atoms with Crippen molar-refractivity contribution < 1.29 is 41.5 Å². The number of benzene rings is 2. The Morgan fingerprint density at radius 2 is 1.71 bits per heavy atom. The van der Waals surface area contributed by atoms with E-state index in [1.807, 2.05) is 0 Å². The van der Waals surface area contributed by atoms with Crippen LogP contribution in [0, 0.1) is 15.9 Å². The number of hydrogen-bond acceptors (Lipinski definition) is 7. The van der Waals surface area contributed by atoms with Gasteiger partial charge in [0.05, 0.1) is 11.0 Å². The largest absolute Gasteiger partial charge is 0.480 e. The third-order valence-electron chi connectivity index (χ3n) is 7.90. The van der Waals surface area contributed by atoms with Crippen LogP contribution in [0.2, 0.25) is 0 Å². The molecule has 0 aromatic heterocycles. The Labute approximate surface area is 238 Å². The van der Waals surface area contributed by atoms with Gasteiger partial charge in [-0.2, -0.15) is 13.2 Å². The summed E-state index contributed by atoms with van der Waals surface area (Å²) in [5.41, 5.74) is -1.48. The average Bonchev–Trinajstić information content (AvgIpc) is 3.39. The molecule has 2 heterocycles. The second-order valence-corrected chi connectivity index (χ2v) is 10.7. The second kappa shape index (κ2) is 12.1. The molecule has 2 amide bonds. The molecule has 5 rings (SSSR count). The SMILES string of the molecule is O=C(COC1CCC(Nc2ccc([N+](=O)[O-])c(C(F)(F)F)c2)CC1)N1CCN(C(=O)C2Cc3cc(F)ccc3O2)CC1. The number of nitrogens with one attached hydrogen (secondary N) is 1. The second-order valence-electron chi connectivity index (χ2n) is 10.7. The van der Waals surface area contributed by atoms with E-state index in [0.717, 1.165) is 12.1 Å². The molecule has 0 radical (unpaired) electrons. The maximum absolute atomic E-state index is 13.5. The van der Waals surface area contributed by atoms with Gasteiger partial charge in [0, 0.05) is 56.0 Å². The molecule has 1 saturated carbocycles. The highest BCUT2D eigenvalue weighted by atomic mass is 19.4. The Bertz CT molecular complexity index is 1340. The minimum atomic E-state index is -4.85. The smallest absolute Gasteiger partial charge is 0.423 e. The fourth-order valence-electron chi connectivity index (χ4n) is 5.64. The number of fused-ring (bicyclic) bond motifs is 1. The summed E-state index contributed by atoms with van der Waals surface area (Å²) in [5.74, 6) is -0.251. The maximum Gasteiger partial charge on any atom is 0.423 e. The molecule has 0 bridgehead atoms. The van der Waals surface area contributed by atoms with Crippen molar-refractivity contribution in [1.82, 2.24) is 9.80 Å². The predicted molar refractivity (Wildman–Crippen MR) is 141 cm³/mol. The number of amides is 2. The van der Waals surface area contributed by atoms with Crippen LogP contribution in [-0.4, -0.2) is 77.6 Å². The Morgan fingerprint density at radius 1 is 1.02 bits per heavy atom. The number of rotatable bonds is 7. The number of halogens is 4. The molecule has 1 atom stereocenters. The van der Waals surface area contributed by atoms with Crippen LogP contribution in [0.25, 0.3) is 0 Å². The van der Waals surface area contributed by atoms with Gasteiger partial charge in [-0.1, -0.05) is 0 Å². The molecule has 2 aromatic carbocycles. The van der Waals surface area contributed by atoms with Crippen LogP contribution in [0.15, 0.2) is 36.4 Å². The van der Waals surface area contributed by atoms with E-state index in [-0.39, 0.29) is 42.1 Å². The molecule has 2 fully saturated rings. The molecule has 1 aliphatic carbocycles. The van der Waals surface area contributed by atoms with E-state index in [0.29, 0.717) is 69.6 Å². The summed E-state index contributed by atoms with van der Waals surface area (Å²) < 4.78 is 64.8. The van der Waals surface area contributed by atoms with E-state index in [4.69, 9.17) is 9.47 Å². The van der Waals surface area contributed by atoms with Crippen molar-refractivity contribution in [1.29, 1.82) is 0 Å². The van der Waals surface area contributed by atoms with Crippen LogP contribution in [-0.2, 0) is 26.9 Å². The fraction of sp³-hybridized carbons (Fsp3) is 0.500. The highest BCUT2D eigenvalue weighted by Crippen LogP contribution is 2.38. The normalized spacial score (nSPS) is 22.3. The summed E-state index contributed by atoms with van der Waals surface area (Å²) >= 11 is 0. The molecule has 1 unspecified atom stereocenters. The van der Waals surface area contributed by atoms with Gasteiger partial charge in [-0.3, -0.25) is 19.7 Å². The molecule has 1 saturated heterocycles. The van der Waals surface area contributed by atoms with Gasteiger partial charge in [0.25, 0.3) is 11.6 Å². The number of alkyl halides is 3. The summed E-state index contributed by atoms with van der Waals surface area (Å²) in [4.78, 5) is 38.8. The number of ether oxygens (including phenoxy) is 2. The number of hydrogen-bond donors (Lipinski definition) is 1. The summed E-state index contributed by atoms with van der Waals surface area (Å²) in [6.45, 7) is 1.30. The topological polar surface area (TPSA) is 114 Å². The minimum absolute atomic E-state index is 0.111. The molecule has 1 N–H and O–H groups in total. The van der Waals surface area contributed by atoms with E-state index in [1.54, 1.807) is 9.80 Å². The molecule has 2 aliphatic heterocycles. The first-order chi connectivity index (χ1) is 20.0. The molecule has 14 heteroatoms. The van der Waals surface area contributed by atoms with E-state index < -0.39 is 28.5 Å². The van der Waals surface area contributed by atoms with Gasteiger partial charge in [-0.25, -0.2) is 4.39 Å². The minimum Gasteiger partial charge on any atom is -0.480 e. The highest BCUT2D eigenvalue weighted by Gasteiger charge is 2.39. The number of carbonyl (C=O) groups is 2. The Hall–Kier alpha value is -3.94. The standard InChI is InChI=1S/C28H30F4N4O6/c29-18-1-8-24-17(13-18)14-25(42-24)27(38)35-11-9-34(10-12-35)26(37)16-41-21-5-2-19(3-6-21)33-20-4-7-23(36(39)40)22(15-20)28(30,31)32/h1,4,7-8,13,15,19,21,25,33H,2-3,5-6,9-12,14,16H2. The van der Waals surface area contributed by atoms with Gasteiger partial charge in [0.15, 0.2) is 6.10 Å². The van der Waals surface area contributed by atoms with Crippen molar-refractivity contribution in [3.63, 3.8) is 0 Å². The van der Waals surface area contributed by atoms with Crippen molar-refractivity contribution in [2.45, 2.75) is 56.5 Å². The number of piperazine rings is 1. The van der Waals surface area contributed by atoms with Crippen LogP contribution < -0.4 is 10.1 Å². The van der Waals surface area contributed by atoms with Crippen molar-refractivity contribution in [3.8, 4) is 5.75 Å². The van der Waals surface area contributed by atoms with Crippen molar-refractivity contribution in [3.05, 3.63) is 63.5 Å². The Balaban J connectivity index is 1.02. The van der Waals surface area contributed by atoms with E-state index >= 15 is 0 Å². The lowest BCUT2D eigenvalue weighted by atomic mass is 9.92. The van der Waals surface area contributed by atoms with Gasteiger partial charge in [0.2, 0.25) is 5.91 Å². The summed E-state index contributed by atoms with van der Waals surface area (Å²) in [7, 11) is 0. The first kappa shape index (κ1) is 29.5. The van der Waals surface area contributed by atoms with Crippen molar-refractivity contribution >= 4 is 23.2 Å². The van der Waals surface area contributed by atoms with E-state index in [1.165, 1.54) is 24.3 Å². The molecular formula is C28H30F4N4O6. The quantitative estimate of drug-likeness (QED) is 0.291. The van der Waals surface area contributed by atoms with Crippen LogP contribution in [0.5, 0.6) is 5.75 Å². The van der Waals surface area contributed by atoms with Crippen LogP contribution in [0.1, 0.15) is 36.8 Å². The van der Waals surface area contributed by atoms with Gasteiger partial charge >= 0.3 is 6.18 Å². The number of nitro benzene ring substituents is 1. The maximum atomic E-state index is 13.5. The molecule has 0 spiro atoms. The van der Waals surface area contributed by atoms with Gasteiger partial charge < -0.3 is 24.6 Å². The zero-order chi connectivity index (χ0) is 30.0. The van der Waals surface area contributed by atoms with Gasteiger partial charge in [-0.05, 0) is 56.0 Å². The van der Waals surface area contributed by atoms with Crippen LogP contribution in [0.4, 0.5) is 28.9 Å². The molecular weight excluding hydrogens is 564 g/mol. The molecule has 10 nitrogen and oxygen atoms in total.